The summed E-state index contributed by atoms with van der Waals surface area (Å²) < 4.78 is 7.57. The number of nitrogens with zero attached hydrogens (tertiary/aromatic N) is 2. The monoisotopic (exact) mass is 782 g/mol. The maximum Gasteiger partial charge on any atom is 0.0547 e. The third kappa shape index (κ3) is 4.64. The van der Waals surface area contributed by atoms with E-state index in [-0.39, 0.29) is 5.41 Å². The van der Waals surface area contributed by atoms with Crippen molar-refractivity contribution in [3.63, 3.8) is 0 Å². The molecule has 0 fully saturated rings. The molecule has 282 valence electrons. The quantitative estimate of drug-likeness (QED) is 0.168. The molecule has 12 aromatic rings. The van der Waals surface area contributed by atoms with Crippen LogP contribution < -0.4 is 0 Å². The van der Waals surface area contributed by atoms with Crippen LogP contribution in [0.15, 0.2) is 194 Å². The molecule has 0 bridgehead atoms. The lowest BCUT2D eigenvalue weighted by molar-refractivity contribution is 0.660. The van der Waals surface area contributed by atoms with E-state index in [4.69, 9.17) is 0 Å². The second-order valence-corrected chi connectivity index (χ2v) is 17.9. The van der Waals surface area contributed by atoms with Gasteiger partial charge in [-0.15, -0.1) is 11.3 Å². The van der Waals surface area contributed by atoms with E-state index in [0.717, 1.165) is 0 Å². The number of fused-ring (bicyclic) bond motifs is 12. The van der Waals surface area contributed by atoms with Gasteiger partial charge in [-0.05, 0) is 99.6 Å². The fraction of sp³-hybridized carbons (Fsp3) is 0.0526. The molecule has 0 aliphatic heterocycles. The van der Waals surface area contributed by atoms with Crippen molar-refractivity contribution < 1.29 is 0 Å². The molecule has 60 heavy (non-hydrogen) atoms. The molecule has 2 nitrogen and oxygen atoms in total. The van der Waals surface area contributed by atoms with Gasteiger partial charge in [0, 0.05) is 64.1 Å². The summed E-state index contributed by atoms with van der Waals surface area (Å²) in [5.74, 6) is 0. The van der Waals surface area contributed by atoms with E-state index in [1.54, 1.807) is 0 Å². The lowest BCUT2D eigenvalue weighted by Gasteiger charge is -2.22. The minimum Gasteiger partial charge on any atom is -0.309 e. The van der Waals surface area contributed by atoms with Crippen LogP contribution in [0.2, 0.25) is 0 Å². The van der Waals surface area contributed by atoms with Crippen molar-refractivity contribution in [3.8, 4) is 44.8 Å². The fourth-order valence-corrected chi connectivity index (χ4v) is 11.8. The normalized spacial score (nSPS) is 13.3. The van der Waals surface area contributed by atoms with Crippen LogP contribution in [0.5, 0.6) is 0 Å². The van der Waals surface area contributed by atoms with Gasteiger partial charge in [-0.25, -0.2) is 0 Å². The first-order valence-corrected chi connectivity index (χ1v) is 21.7. The highest BCUT2D eigenvalue weighted by molar-refractivity contribution is 7.26. The molecule has 3 heterocycles. The van der Waals surface area contributed by atoms with Crippen LogP contribution in [0.4, 0.5) is 0 Å². The van der Waals surface area contributed by atoms with Gasteiger partial charge in [-0.2, -0.15) is 0 Å². The molecule has 9 aromatic carbocycles. The summed E-state index contributed by atoms with van der Waals surface area (Å²) in [6.45, 7) is 4.75. The first kappa shape index (κ1) is 33.7. The van der Waals surface area contributed by atoms with E-state index in [2.05, 4.69) is 217 Å². The highest BCUT2D eigenvalue weighted by atomic mass is 32.1. The number of thiophene rings is 1. The Morgan fingerprint density at radius 1 is 0.367 bits per heavy atom. The van der Waals surface area contributed by atoms with E-state index in [9.17, 15) is 0 Å². The van der Waals surface area contributed by atoms with Gasteiger partial charge in [0.15, 0.2) is 0 Å². The standard InChI is InChI=1S/C57H38N2S/c1-57(2)48-22-10-6-17-40(48)41-29-27-35(31-49(41)57)46-33-38(34-47-44-19-9-13-26-54(44)60-56(46)47)59-50-23-11-7-18-42(50)43-30-28-36(32-53(43)59)39-21-14-25-52-55(39)45-20-8-12-24-51(45)58(52)37-15-4-3-5-16-37/h3-34H,1-2H3. The average molecular weight is 783 g/mol. The summed E-state index contributed by atoms with van der Waals surface area (Å²) in [7, 11) is 0. The van der Waals surface area contributed by atoms with Crippen LogP contribution in [-0.2, 0) is 5.41 Å². The maximum atomic E-state index is 2.52. The zero-order valence-electron chi connectivity index (χ0n) is 33.3. The van der Waals surface area contributed by atoms with Gasteiger partial charge < -0.3 is 9.13 Å². The van der Waals surface area contributed by atoms with Gasteiger partial charge in [0.05, 0.1) is 22.1 Å². The molecule has 0 amide bonds. The van der Waals surface area contributed by atoms with Crippen LogP contribution in [0.1, 0.15) is 25.0 Å². The van der Waals surface area contributed by atoms with Crippen molar-refractivity contribution in [2.75, 3.05) is 0 Å². The predicted octanol–water partition coefficient (Wildman–Crippen LogP) is 15.9. The number of aromatic nitrogens is 2. The number of hydrogen-bond acceptors (Lipinski definition) is 1. The minimum atomic E-state index is -0.0850. The van der Waals surface area contributed by atoms with E-state index >= 15 is 0 Å². The van der Waals surface area contributed by atoms with Crippen LogP contribution in [-0.4, -0.2) is 9.13 Å². The molecule has 0 spiro atoms. The Morgan fingerprint density at radius 3 is 1.85 bits per heavy atom. The second-order valence-electron chi connectivity index (χ2n) is 16.9. The van der Waals surface area contributed by atoms with Crippen molar-refractivity contribution in [1.82, 2.24) is 9.13 Å². The van der Waals surface area contributed by atoms with Gasteiger partial charge in [-0.3, -0.25) is 0 Å². The highest BCUT2D eigenvalue weighted by Gasteiger charge is 2.35. The molecule has 13 rings (SSSR count). The summed E-state index contributed by atoms with van der Waals surface area (Å²) >= 11 is 1.91. The van der Waals surface area contributed by atoms with Crippen molar-refractivity contribution >= 4 is 75.1 Å². The Hall–Kier alpha value is -7.20. The van der Waals surface area contributed by atoms with Crippen molar-refractivity contribution in [3.05, 3.63) is 205 Å². The molecule has 3 heteroatoms. The summed E-state index contributed by atoms with van der Waals surface area (Å²) in [6, 6.07) is 72.3. The summed E-state index contributed by atoms with van der Waals surface area (Å²) in [4.78, 5) is 0. The topological polar surface area (TPSA) is 9.86 Å². The molecule has 0 saturated heterocycles. The number of rotatable bonds is 4. The van der Waals surface area contributed by atoms with E-state index < -0.39 is 0 Å². The van der Waals surface area contributed by atoms with Gasteiger partial charge in [0.25, 0.3) is 0 Å². The van der Waals surface area contributed by atoms with Crippen molar-refractivity contribution in [2.45, 2.75) is 19.3 Å². The largest absolute Gasteiger partial charge is 0.309 e. The third-order valence-electron chi connectivity index (χ3n) is 13.3. The van der Waals surface area contributed by atoms with Gasteiger partial charge in [-0.1, -0.05) is 147 Å². The first-order chi connectivity index (χ1) is 29.5. The lowest BCUT2D eigenvalue weighted by Crippen LogP contribution is -2.14. The smallest absolute Gasteiger partial charge is 0.0547 e. The van der Waals surface area contributed by atoms with Crippen molar-refractivity contribution in [1.29, 1.82) is 0 Å². The van der Waals surface area contributed by atoms with Crippen LogP contribution >= 0.6 is 11.3 Å². The molecular weight excluding hydrogens is 745 g/mol. The molecular formula is C57H38N2S. The van der Waals surface area contributed by atoms with E-state index in [0.29, 0.717) is 0 Å². The van der Waals surface area contributed by atoms with Crippen LogP contribution in [0.25, 0.3) is 109 Å². The Morgan fingerprint density at radius 2 is 0.983 bits per heavy atom. The maximum absolute atomic E-state index is 2.52. The zero-order chi connectivity index (χ0) is 39.7. The zero-order valence-corrected chi connectivity index (χ0v) is 34.1. The highest BCUT2D eigenvalue weighted by Crippen LogP contribution is 2.51. The van der Waals surface area contributed by atoms with Gasteiger partial charge in [0.1, 0.15) is 0 Å². The molecule has 1 aliphatic carbocycles. The summed E-state index contributed by atoms with van der Waals surface area (Å²) in [5.41, 5.74) is 17.6. The third-order valence-corrected chi connectivity index (χ3v) is 14.5. The molecule has 0 saturated carbocycles. The van der Waals surface area contributed by atoms with Crippen LogP contribution in [0.3, 0.4) is 0 Å². The number of benzene rings is 9. The molecule has 0 N–H and O–H groups in total. The first-order valence-electron chi connectivity index (χ1n) is 20.8. The minimum absolute atomic E-state index is 0.0850. The Kier molecular flexibility index (Phi) is 6.98. The van der Waals surface area contributed by atoms with Gasteiger partial charge in [0.2, 0.25) is 0 Å². The lowest BCUT2D eigenvalue weighted by atomic mass is 9.81. The second kappa shape index (κ2) is 12.4. The Balaban J connectivity index is 1.08. The fourth-order valence-electron chi connectivity index (χ4n) is 10.6. The Bertz CT molecular complexity index is 3740. The summed E-state index contributed by atoms with van der Waals surface area (Å²) in [5, 5.41) is 7.64. The number of hydrogen-bond donors (Lipinski definition) is 0. The average Bonchev–Trinajstić information content (AvgIpc) is 4.01. The molecule has 0 atom stereocenters. The van der Waals surface area contributed by atoms with E-state index in [1.807, 2.05) is 11.3 Å². The van der Waals surface area contributed by atoms with Gasteiger partial charge >= 0.3 is 0 Å². The van der Waals surface area contributed by atoms with Crippen LogP contribution in [0, 0.1) is 0 Å². The SMILES string of the molecule is CC1(C)c2ccccc2-c2ccc(-c3cc(-n4c5ccccc5c5ccc(-c6cccc7c6c6ccccc6n7-c6ccccc6)cc54)cc4c3sc3ccccc34)cc21. The molecule has 1 aliphatic rings. The number of para-hydroxylation sites is 3. The molecule has 0 unspecified atom stereocenters. The Labute approximate surface area is 351 Å². The predicted molar refractivity (Wildman–Crippen MR) is 256 cm³/mol. The van der Waals surface area contributed by atoms with Crippen molar-refractivity contribution in [2.24, 2.45) is 0 Å². The summed E-state index contributed by atoms with van der Waals surface area (Å²) in [6.07, 6.45) is 0. The molecule has 0 radical (unpaired) electrons. The molecule has 3 aromatic heterocycles. The van der Waals surface area contributed by atoms with E-state index in [1.165, 1.54) is 120 Å².